The molecule has 1 fully saturated rings. The number of amides is 1. The summed E-state index contributed by atoms with van der Waals surface area (Å²) in [4.78, 5) is 13.8. The van der Waals surface area contributed by atoms with Gasteiger partial charge in [-0.05, 0) is 44.9 Å². The molecule has 1 aliphatic rings. The van der Waals surface area contributed by atoms with Gasteiger partial charge >= 0.3 is 6.09 Å². The second-order valence-corrected chi connectivity index (χ2v) is 7.26. The van der Waals surface area contributed by atoms with Crippen LogP contribution in [0.25, 0.3) is 0 Å². The van der Waals surface area contributed by atoms with Gasteiger partial charge in [0.15, 0.2) is 0 Å². The number of rotatable bonds is 3. The molecule has 4 nitrogen and oxygen atoms in total. The van der Waals surface area contributed by atoms with Crippen molar-refractivity contribution in [3.8, 4) is 0 Å². The van der Waals surface area contributed by atoms with E-state index in [0.717, 1.165) is 5.56 Å². The zero-order valence-corrected chi connectivity index (χ0v) is 14.7. The molecule has 0 saturated carbocycles. The van der Waals surface area contributed by atoms with Gasteiger partial charge in [-0.3, -0.25) is 4.90 Å². The summed E-state index contributed by atoms with van der Waals surface area (Å²) in [5, 5.41) is 0.611. The molecule has 0 bridgehead atoms. The van der Waals surface area contributed by atoms with E-state index in [1.54, 1.807) is 32.9 Å². The number of carbonyl (C=O) groups excluding carboxylic acids is 1. The molecule has 1 amide bonds. The van der Waals surface area contributed by atoms with E-state index in [9.17, 15) is 13.6 Å². The number of alkyl halides is 2. The van der Waals surface area contributed by atoms with Crippen molar-refractivity contribution in [2.24, 2.45) is 0 Å². The zero-order valence-electron chi connectivity index (χ0n) is 14.0. The molecule has 24 heavy (non-hydrogen) atoms. The topological polar surface area (TPSA) is 38.8 Å². The molecule has 7 heteroatoms. The van der Waals surface area contributed by atoms with E-state index in [2.05, 4.69) is 0 Å². The lowest BCUT2D eigenvalue weighted by Crippen LogP contribution is -2.55. The lowest BCUT2D eigenvalue weighted by molar-refractivity contribution is -0.121. The molecule has 0 aromatic heterocycles. The Kier molecular flexibility index (Phi) is 6.04. The summed E-state index contributed by atoms with van der Waals surface area (Å²) in [6, 6.07) is 6.82. The summed E-state index contributed by atoms with van der Waals surface area (Å²) in [6.07, 6.45) is -4.06. The maximum absolute atomic E-state index is 13.0. The highest BCUT2D eigenvalue weighted by atomic mass is 35.5. The monoisotopic (exact) mass is 361 g/mol. The minimum atomic E-state index is -2.65. The molecule has 0 spiro atoms. The first-order valence-electron chi connectivity index (χ1n) is 7.79. The number of halogens is 3. The largest absolute Gasteiger partial charge is 0.444 e. The van der Waals surface area contributed by atoms with Gasteiger partial charge in [-0.15, -0.1) is 0 Å². The van der Waals surface area contributed by atoms with Crippen molar-refractivity contribution in [3.63, 3.8) is 0 Å². The minimum absolute atomic E-state index is 0.0386. The third-order valence-electron chi connectivity index (χ3n) is 3.61. The molecule has 1 aromatic carbocycles. The Balaban J connectivity index is 2.13. The predicted molar refractivity (Wildman–Crippen MR) is 87.6 cm³/mol. The van der Waals surface area contributed by atoms with Gasteiger partial charge in [0.25, 0.3) is 6.43 Å². The molecule has 2 rings (SSSR count). The van der Waals surface area contributed by atoms with E-state index in [1.165, 1.54) is 4.90 Å². The van der Waals surface area contributed by atoms with Gasteiger partial charge in [0.1, 0.15) is 11.7 Å². The smallest absolute Gasteiger partial charge is 0.410 e. The molecular formula is C17H22ClF2NO3. The van der Waals surface area contributed by atoms with Crippen molar-refractivity contribution in [1.29, 1.82) is 0 Å². The van der Waals surface area contributed by atoms with Crippen molar-refractivity contribution in [2.75, 3.05) is 13.2 Å². The molecular weight excluding hydrogens is 340 g/mol. The van der Waals surface area contributed by atoms with Crippen LogP contribution in [0.3, 0.4) is 0 Å². The molecule has 1 aliphatic heterocycles. The number of ether oxygens (including phenoxy) is 2. The molecule has 0 aliphatic carbocycles. The number of hydrogen-bond acceptors (Lipinski definition) is 3. The van der Waals surface area contributed by atoms with Crippen molar-refractivity contribution in [1.82, 2.24) is 4.90 Å². The lowest BCUT2D eigenvalue weighted by Gasteiger charge is -2.40. The summed E-state index contributed by atoms with van der Waals surface area (Å²) in [5.74, 6) is 0. The summed E-state index contributed by atoms with van der Waals surface area (Å²) in [7, 11) is 0. The van der Waals surface area contributed by atoms with Crippen LogP contribution >= 0.6 is 11.6 Å². The van der Waals surface area contributed by atoms with E-state index in [4.69, 9.17) is 21.1 Å². The molecule has 0 unspecified atom stereocenters. The Bertz CT molecular complexity index is 560. The second kappa shape index (κ2) is 7.66. The van der Waals surface area contributed by atoms with Crippen LogP contribution in [0.2, 0.25) is 5.02 Å². The average molecular weight is 362 g/mol. The van der Waals surface area contributed by atoms with Crippen LogP contribution in [0.15, 0.2) is 24.3 Å². The van der Waals surface area contributed by atoms with Gasteiger partial charge in [0.05, 0.1) is 19.2 Å². The summed E-state index contributed by atoms with van der Waals surface area (Å²) < 4.78 is 36.5. The highest BCUT2D eigenvalue weighted by Gasteiger charge is 2.38. The average Bonchev–Trinajstić information content (AvgIpc) is 2.48. The van der Waals surface area contributed by atoms with Gasteiger partial charge in [-0.2, -0.15) is 0 Å². The van der Waals surface area contributed by atoms with Crippen molar-refractivity contribution in [2.45, 2.75) is 51.4 Å². The summed E-state index contributed by atoms with van der Waals surface area (Å²) in [6.45, 7) is 5.07. The zero-order chi connectivity index (χ0) is 17.9. The Morgan fingerprint density at radius 1 is 1.38 bits per heavy atom. The molecule has 0 radical (unpaired) electrons. The predicted octanol–water partition coefficient (Wildman–Crippen LogP) is 4.15. The fraction of sp³-hybridized carbons (Fsp3) is 0.588. The number of carbonyl (C=O) groups is 1. The first-order valence-corrected chi connectivity index (χ1v) is 8.17. The normalized spacial score (nSPS) is 21.9. The van der Waals surface area contributed by atoms with Gasteiger partial charge < -0.3 is 9.47 Å². The maximum atomic E-state index is 13.0. The third kappa shape index (κ3) is 5.31. The highest BCUT2D eigenvalue weighted by Crippen LogP contribution is 2.23. The van der Waals surface area contributed by atoms with Gasteiger partial charge in [-0.25, -0.2) is 13.6 Å². The molecule has 1 heterocycles. The van der Waals surface area contributed by atoms with Crippen LogP contribution in [0.5, 0.6) is 0 Å². The van der Waals surface area contributed by atoms with Gasteiger partial charge in [0.2, 0.25) is 0 Å². The minimum Gasteiger partial charge on any atom is -0.444 e. The van der Waals surface area contributed by atoms with Crippen LogP contribution in [-0.2, 0) is 15.9 Å². The number of hydrogen-bond donors (Lipinski definition) is 0. The Morgan fingerprint density at radius 3 is 2.54 bits per heavy atom. The fourth-order valence-electron chi connectivity index (χ4n) is 2.48. The van der Waals surface area contributed by atoms with E-state index < -0.39 is 24.2 Å². The molecule has 2 atom stereocenters. The SMILES string of the molecule is CC(C)(C)OC(=O)N1C[C@H](C(F)F)OC[C@@H]1Cc1ccc(Cl)cc1. The molecule has 0 N–H and O–H groups in total. The third-order valence-corrected chi connectivity index (χ3v) is 3.87. The van der Waals surface area contributed by atoms with Crippen LogP contribution in [0, 0.1) is 0 Å². The first kappa shape index (κ1) is 18.9. The fourth-order valence-corrected chi connectivity index (χ4v) is 2.60. The Morgan fingerprint density at radius 2 is 2.00 bits per heavy atom. The van der Waals surface area contributed by atoms with Crippen molar-refractivity contribution in [3.05, 3.63) is 34.9 Å². The number of benzene rings is 1. The lowest BCUT2D eigenvalue weighted by atomic mass is 10.0. The number of morpholine rings is 1. The van der Waals surface area contributed by atoms with Gasteiger partial charge in [0, 0.05) is 5.02 Å². The number of nitrogens with zero attached hydrogens (tertiary/aromatic N) is 1. The van der Waals surface area contributed by atoms with Crippen LogP contribution < -0.4 is 0 Å². The maximum Gasteiger partial charge on any atom is 0.410 e. The van der Waals surface area contributed by atoms with E-state index in [-0.39, 0.29) is 19.2 Å². The quantitative estimate of drug-likeness (QED) is 0.811. The Labute approximate surface area is 145 Å². The standard InChI is InChI=1S/C17H22ClF2NO3/c1-17(2,3)24-16(22)21-9-14(15(19)20)23-10-13(21)8-11-4-6-12(18)7-5-11/h4-7,13-15H,8-10H2,1-3H3/t13-,14+/m0/s1. The van der Waals surface area contributed by atoms with E-state index in [1.807, 2.05) is 12.1 Å². The van der Waals surface area contributed by atoms with E-state index in [0.29, 0.717) is 11.4 Å². The van der Waals surface area contributed by atoms with Crippen LogP contribution in [0.4, 0.5) is 13.6 Å². The van der Waals surface area contributed by atoms with Crippen LogP contribution in [0.1, 0.15) is 26.3 Å². The molecule has 1 aromatic rings. The van der Waals surface area contributed by atoms with Crippen molar-refractivity contribution >= 4 is 17.7 Å². The molecule has 1 saturated heterocycles. The van der Waals surface area contributed by atoms with E-state index >= 15 is 0 Å². The highest BCUT2D eigenvalue weighted by molar-refractivity contribution is 6.30. The van der Waals surface area contributed by atoms with Gasteiger partial charge in [-0.1, -0.05) is 23.7 Å². The first-order chi connectivity index (χ1) is 11.2. The second-order valence-electron chi connectivity index (χ2n) is 6.82. The van der Waals surface area contributed by atoms with Crippen LogP contribution in [-0.4, -0.2) is 48.3 Å². The summed E-state index contributed by atoms with van der Waals surface area (Å²) in [5.41, 5.74) is 0.248. The summed E-state index contributed by atoms with van der Waals surface area (Å²) >= 11 is 5.87. The Hall–Kier alpha value is -1.40. The molecule has 134 valence electrons. The van der Waals surface area contributed by atoms with Crippen molar-refractivity contribution < 1.29 is 23.0 Å².